The first-order chi connectivity index (χ1) is 12.5. The van der Waals surface area contributed by atoms with E-state index in [0.29, 0.717) is 29.0 Å². The summed E-state index contributed by atoms with van der Waals surface area (Å²) in [5, 5.41) is 3.45. The van der Waals surface area contributed by atoms with Gasteiger partial charge in [-0.15, -0.1) is 0 Å². The van der Waals surface area contributed by atoms with E-state index < -0.39 is 0 Å². The molecule has 0 saturated heterocycles. The zero-order chi connectivity index (χ0) is 18.8. The minimum atomic E-state index is -0.257. The molecule has 3 N–H and O–H groups in total. The van der Waals surface area contributed by atoms with Crippen molar-refractivity contribution in [3.8, 4) is 5.75 Å². The number of thiocarbonyl (C=S) groups is 1. The van der Waals surface area contributed by atoms with Gasteiger partial charge in [0.1, 0.15) is 12.4 Å². The van der Waals surface area contributed by atoms with Crippen molar-refractivity contribution in [3.05, 3.63) is 65.7 Å². The molecular formula is C20H25N3O2S. The highest BCUT2D eigenvalue weighted by Crippen LogP contribution is 2.14. The number of benzene rings is 2. The molecular weight excluding hydrogens is 346 g/mol. The summed E-state index contributed by atoms with van der Waals surface area (Å²) in [6, 6.07) is 16.9. The Morgan fingerprint density at radius 2 is 1.73 bits per heavy atom. The van der Waals surface area contributed by atoms with Crippen LogP contribution in [-0.2, 0) is 6.61 Å². The predicted molar refractivity (Wildman–Crippen MR) is 108 cm³/mol. The summed E-state index contributed by atoms with van der Waals surface area (Å²) in [6.45, 7) is 5.55. The maximum atomic E-state index is 12.1. The first kappa shape index (κ1) is 19.7. The smallest absolute Gasteiger partial charge is 0.269 e. The number of ether oxygens (including phenoxy) is 1. The number of carbonyl (C=O) groups is 1. The molecule has 0 radical (unpaired) electrons. The molecule has 0 aromatic heterocycles. The number of hydrogen-bond donors (Lipinski definition) is 3. The molecule has 0 aliphatic rings. The van der Waals surface area contributed by atoms with E-state index in [1.807, 2.05) is 30.3 Å². The van der Waals surface area contributed by atoms with E-state index in [2.05, 4.69) is 30.0 Å². The molecule has 0 atom stereocenters. The zero-order valence-electron chi connectivity index (χ0n) is 15.1. The van der Waals surface area contributed by atoms with Crippen molar-refractivity contribution < 1.29 is 9.53 Å². The Hall–Kier alpha value is -2.60. The molecule has 2 aromatic rings. The van der Waals surface area contributed by atoms with Gasteiger partial charge in [0.05, 0.1) is 0 Å². The van der Waals surface area contributed by atoms with Gasteiger partial charge in [0, 0.05) is 12.1 Å². The van der Waals surface area contributed by atoms with Gasteiger partial charge in [0.25, 0.3) is 5.91 Å². The molecule has 26 heavy (non-hydrogen) atoms. The number of rotatable bonds is 7. The van der Waals surface area contributed by atoms with Crippen LogP contribution in [0.2, 0.25) is 0 Å². The molecule has 1 amide bonds. The second-order valence-corrected chi connectivity index (χ2v) is 6.72. The van der Waals surface area contributed by atoms with Crippen molar-refractivity contribution in [3.63, 3.8) is 0 Å². The lowest BCUT2D eigenvalue weighted by Crippen LogP contribution is -2.47. The van der Waals surface area contributed by atoms with Crippen molar-refractivity contribution in [1.82, 2.24) is 16.2 Å². The van der Waals surface area contributed by atoms with Gasteiger partial charge < -0.3 is 10.1 Å². The standard InChI is InChI=1S/C20H25N3O2S/c1-15(2)12-13-21-20(26)23-22-19(24)17-8-10-18(11-9-17)25-14-16-6-4-3-5-7-16/h3-11,15H,12-14H2,1-2H3,(H,22,24)(H2,21,23,26). The van der Waals surface area contributed by atoms with E-state index >= 15 is 0 Å². The molecule has 0 unspecified atom stereocenters. The topological polar surface area (TPSA) is 62.4 Å². The quantitative estimate of drug-likeness (QED) is 0.514. The van der Waals surface area contributed by atoms with Crippen LogP contribution in [0.15, 0.2) is 54.6 Å². The fourth-order valence-electron chi connectivity index (χ4n) is 2.15. The molecule has 2 aromatic carbocycles. The van der Waals surface area contributed by atoms with Gasteiger partial charge in [-0.05, 0) is 54.4 Å². The minimum Gasteiger partial charge on any atom is -0.489 e. The summed E-state index contributed by atoms with van der Waals surface area (Å²) in [7, 11) is 0. The normalized spacial score (nSPS) is 10.3. The highest BCUT2D eigenvalue weighted by molar-refractivity contribution is 7.80. The van der Waals surface area contributed by atoms with Crippen LogP contribution in [-0.4, -0.2) is 17.6 Å². The van der Waals surface area contributed by atoms with Crippen LogP contribution in [0.4, 0.5) is 0 Å². The first-order valence-electron chi connectivity index (χ1n) is 8.65. The lowest BCUT2D eigenvalue weighted by atomic mass is 10.1. The lowest BCUT2D eigenvalue weighted by molar-refractivity contribution is 0.0943. The van der Waals surface area contributed by atoms with E-state index in [4.69, 9.17) is 17.0 Å². The Kier molecular flexibility index (Phi) is 7.89. The third-order valence-electron chi connectivity index (χ3n) is 3.66. The molecule has 2 rings (SSSR count). The molecule has 138 valence electrons. The van der Waals surface area contributed by atoms with Crippen molar-refractivity contribution in [1.29, 1.82) is 0 Å². The van der Waals surface area contributed by atoms with Gasteiger partial charge in [-0.3, -0.25) is 15.6 Å². The molecule has 0 heterocycles. The van der Waals surface area contributed by atoms with Crippen LogP contribution < -0.4 is 20.9 Å². The predicted octanol–water partition coefficient (Wildman–Crippen LogP) is 3.42. The highest BCUT2D eigenvalue weighted by Gasteiger charge is 2.06. The largest absolute Gasteiger partial charge is 0.489 e. The van der Waals surface area contributed by atoms with Crippen LogP contribution in [0.5, 0.6) is 5.75 Å². The summed E-state index contributed by atoms with van der Waals surface area (Å²) in [5.41, 5.74) is 6.90. The molecule has 0 fully saturated rings. The van der Waals surface area contributed by atoms with E-state index in [1.54, 1.807) is 24.3 Å². The summed E-state index contributed by atoms with van der Waals surface area (Å²) in [5.74, 6) is 1.05. The fourth-order valence-corrected chi connectivity index (χ4v) is 2.30. The summed E-state index contributed by atoms with van der Waals surface area (Å²) in [4.78, 5) is 12.1. The van der Waals surface area contributed by atoms with Crippen molar-refractivity contribution in [2.45, 2.75) is 26.9 Å². The highest BCUT2D eigenvalue weighted by atomic mass is 32.1. The number of hydrazine groups is 1. The molecule has 0 aliphatic heterocycles. The third-order valence-corrected chi connectivity index (χ3v) is 3.91. The minimum absolute atomic E-state index is 0.257. The van der Waals surface area contributed by atoms with Crippen LogP contribution in [0.3, 0.4) is 0 Å². The Labute approximate surface area is 160 Å². The van der Waals surface area contributed by atoms with Crippen molar-refractivity contribution in [2.75, 3.05) is 6.54 Å². The maximum absolute atomic E-state index is 12.1. The molecule has 0 saturated carbocycles. The van der Waals surface area contributed by atoms with Gasteiger partial charge in [0.2, 0.25) is 0 Å². The Morgan fingerprint density at radius 3 is 2.38 bits per heavy atom. The number of carbonyl (C=O) groups excluding carboxylic acids is 1. The van der Waals surface area contributed by atoms with Gasteiger partial charge >= 0.3 is 0 Å². The Balaban J connectivity index is 1.74. The maximum Gasteiger partial charge on any atom is 0.269 e. The first-order valence-corrected chi connectivity index (χ1v) is 9.06. The van der Waals surface area contributed by atoms with Crippen LogP contribution >= 0.6 is 12.2 Å². The average molecular weight is 372 g/mol. The van der Waals surface area contributed by atoms with Crippen molar-refractivity contribution >= 4 is 23.2 Å². The summed E-state index contributed by atoms with van der Waals surface area (Å²) in [6.07, 6.45) is 1.01. The number of amides is 1. The molecule has 0 bridgehead atoms. The monoisotopic (exact) mass is 371 g/mol. The van der Waals surface area contributed by atoms with E-state index in [9.17, 15) is 4.79 Å². The second-order valence-electron chi connectivity index (χ2n) is 6.32. The summed E-state index contributed by atoms with van der Waals surface area (Å²) < 4.78 is 5.71. The molecule has 6 heteroatoms. The van der Waals surface area contributed by atoms with Crippen LogP contribution in [0.25, 0.3) is 0 Å². The van der Waals surface area contributed by atoms with E-state index in [0.717, 1.165) is 18.5 Å². The van der Waals surface area contributed by atoms with Crippen LogP contribution in [0, 0.1) is 5.92 Å². The molecule has 5 nitrogen and oxygen atoms in total. The third kappa shape index (κ3) is 7.11. The number of nitrogens with one attached hydrogen (secondary N) is 3. The van der Waals surface area contributed by atoms with Gasteiger partial charge in [0.15, 0.2) is 5.11 Å². The molecule has 0 spiro atoms. The lowest BCUT2D eigenvalue weighted by Gasteiger charge is -2.12. The van der Waals surface area contributed by atoms with E-state index in [-0.39, 0.29) is 5.91 Å². The fraction of sp³-hybridized carbons (Fsp3) is 0.300. The van der Waals surface area contributed by atoms with Gasteiger partial charge in [-0.1, -0.05) is 44.2 Å². The van der Waals surface area contributed by atoms with Crippen LogP contribution in [0.1, 0.15) is 36.2 Å². The molecule has 0 aliphatic carbocycles. The Morgan fingerprint density at radius 1 is 1.04 bits per heavy atom. The van der Waals surface area contributed by atoms with Gasteiger partial charge in [-0.25, -0.2) is 0 Å². The Bertz CT molecular complexity index is 703. The number of hydrogen-bond acceptors (Lipinski definition) is 3. The van der Waals surface area contributed by atoms with Gasteiger partial charge in [-0.2, -0.15) is 0 Å². The SMILES string of the molecule is CC(C)CCNC(=S)NNC(=O)c1ccc(OCc2ccccc2)cc1. The summed E-state index contributed by atoms with van der Waals surface area (Å²) >= 11 is 5.12. The van der Waals surface area contributed by atoms with Crippen molar-refractivity contribution in [2.24, 2.45) is 5.92 Å². The average Bonchev–Trinajstić information content (AvgIpc) is 2.65. The van der Waals surface area contributed by atoms with E-state index in [1.165, 1.54) is 0 Å². The zero-order valence-corrected chi connectivity index (χ0v) is 15.9. The second kappa shape index (κ2) is 10.4.